The van der Waals surface area contributed by atoms with Gasteiger partial charge in [0, 0.05) is 50.3 Å². The van der Waals surface area contributed by atoms with Gasteiger partial charge in [-0.1, -0.05) is 13.0 Å². The molecule has 1 aromatic carbocycles. The Hall–Kier alpha value is -1.71. The molecule has 2 N–H and O–H groups in total. The summed E-state index contributed by atoms with van der Waals surface area (Å²) in [7, 11) is 1.72. The standard InChI is InChI=1S/C21H29F2N5.HI/c1-13(2)28-12-15-5-7-17(10-20(15)27-28)26-21(24-4)25-11-14(3)18-8-6-16(22)9-19(18)23;/h6,8-9,12-14,17H,5,7,10-11H2,1-4H3,(H2,24,25,26);1H. The van der Waals surface area contributed by atoms with Gasteiger partial charge in [0.2, 0.25) is 0 Å². The van der Waals surface area contributed by atoms with Crippen LogP contribution >= 0.6 is 24.0 Å². The van der Waals surface area contributed by atoms with Gasteiger partial charge in [-0.25, -0.2) is 8.78 Å². The second-order valence-electron chi connectivity index (χ2n) is 7.78. The summed E-state index contributed by atoms with van der Waals surface area (Å²) in [6.45, 7) is 6.67. The molecule has 8 heteroatoms. The molecule has 3 rings (SSSR count). The summed E-state index contributed by atoms with van der Waals surface area (Å²) in [6, 6.07) is 4.33. The predicted molar refractivity (Wildman–Crippen MR) is 123 cm³/mol. The lowest BCUT2D eigenvalue weighted by atomic mass is 9.94. The first-order valence-electron chi connectivity index (χ1n) is 9.86. The highest BCUT2D eigenvalue weighted by Crippen LogP contribution is 2.22. The lowest BCUT2D eigenvalue weighted by molar-refractivity contribution is 0.498. The van der Waals surface area contributed by atoms with Crippen LogP contribution in [0.3, 0.4) is 0 Å². The van der Waals surface area contributed by atoms with E-state index in [1.165, 1.54) is 17.7 Å². The van der Waals surface area contributed by atoms with Crippen LogP contribution in [0.1, 0.15) is 56.0 Å². The van der Waals surface area contributed by atoms with E-state index < -0.39 is 11.6 Å². The number of benzene rings is 1. The Kier molecular flexibility index (Phi) is 8.42. The monoisotopic (exact) mass is 517 g/mol. The van der Waals surface area contributed by atoms with Crippen molar-refractivity contribution in [3.8, 4) is 0 Å². The number of rotatable bonds is 5. The van der Waals surface area contributed by atoms with Crippen molar-refractivity contribution in [2.75, 3.05) is 13.6 Å². The molecule has 1 aliphatic carbocycles. The van der Waals surface area contributed by atoms with Crippen LogP contribution in [0.2, 0.25) is 0 Å². The molecule has 1 aromatic heterocycles. The van der Waals surface area contributed by atoms with Gasteiger partial charge >= 0.3 is 0 Å². The maximum Gasteiger partial charge on any atom is 0.191 e. The zero-order valence-electron chi connectivity index (χ0n) is 17.4. The number of hydrogen-bond acceptors (Lipinski definition) is 2. The smallest absolute Gasteiger partial charge is 0.191 e. The first-order chi connectivity index (χ1) is 13.4. The van der Waals surface area contributed by atoms with Crippen LogP contribution in [-0.4, -0.2) is 35.4 Å². The molecule has 0 fully saturated rings. The molecule has 29 heavy (non-hydrogen) atoms. The van der Waals surface area contributed by atoms with E-state index in [-0.39, 0.29) is 35.9 Å². The average Bonchev–Trinajstić information content (AvgIpc) is 3.08. The molecule has 0 saturated heterocycles. The Labute approximate surface area is 188 Å². The SMILES string of the molecule is CN=C(NCC(C)c1ccc(F)cc1F)NC1CCc2cn(C(C)C)nc2C1.I. The number of halogens is 3. The summed E-state index contributed by atoms with van der Waals surface area (Å²) in [5.74, 6) is -0.502. The van der Waals surface area contributed by atoms with Gasteiger partial charge in [0.25, 0.3) is 0 Å². The topological polar surface area (TPSA) is 54.2 Å². The molecule has 0 saturated carbocycles. The van der Waals surface area contributed by atoms with E-state index in [4.69, 9.17) is 5.10 Å². The molecule has 160 valence electrons. The van der Waals surface area contributed by atoms with Gasteiger partial charge in [0.15, 0.2) is 5.96 Å². The molecule has 2 atom stereocenters. The Morgan fingerprint density at radius 2 is 2.07 bits per heavy atom. The molecule has 2 unspecified atom stereocenters. The summed E-state index contributed by atoms with van der Waals surface area (Å²) in [5.41, 5.74) is 2.97. The fraction of sp³-hybridized carbons (Fsp3) is 0.524. The van der Waals surface area contributed by atoms with E-state index in [9.17, 15) is 8.78 Å². The lowest BCUT2D eigenvalue weighted by Gasteiger charge is -2.25. The molecule has 0 amide bonds. The van der Waals surface area contributed by atoms with Crippen molar-refractivity contribution in [2.45, 2.75) is 58.0 Å². The molecule has 5 nitrogen and oxygen atoms in total. The first kappa shape index (κ1) is 23.6. The van der Waals surface area contributed by atoms with Gasteiger partial charge < -0.3 is 10.6 Å². The zero-order valence-corrected chi connectivity index (χ0v) is 19.7. The minimum absolute atomic E-state index is 0. The summed E-state index contributed by atoms with van der Waals surface area (Å²) >= 11 is 0. The summed E-state index contributed by atoms with van der Waals surface area (Å²) in [4.78, 5) is 4.29. The maximum absolute atomic E-state index is 14.0. The van der Waals surface area contributed by atoms with Gasteiger partial charge in [-0.15, -0.1) is 24.0 Å². The van der Waals surface area contributed by atoms with E-state index in [1.807, 2.05) is 11.6 Å². The van der Waals surface area contributed by atoms with E-state index >= 15 is 0 Å². The van der Waals surface area contributed by atoms with Crippen LogP contribution in [-0.2, 0) is 12.8 Å². The second kappa shape index (κ2) is 10.4. The van der Waals surface area contributed by atoms with E-state index in [1.54, 1.807) is 7.05 Å². The number of aryl methyl sites for hydroxylation is 1. The number of nitrogens with one attached hydrogen (secondary N) is 2. The van der Waals surface area contributed by atoms with Crippen molar-refractivity contribution in [1.82, 2.24) is 20.4 Å². The van der Waals surface area contributed by atoms with Crippen molar-refractivity contribution in [3.05, 3.63) is 52.9 Å². The number of guanidine groups is 1. The summed E-state index contributed by atoms with van der Waals surface area (Å²) in [6.07, 6.45) is 5.02. The molecular weight excluding hydrogens is 487 g/mol. The first-order valence-corrected chi connectivity index (χ1v) is 9.86. The van der Waals surface area contributed by atoms with Gasteiger partial charge in [-0.05, 0) is 43.9 Å². The Balaban J connectivity index is 0.00000300. The normalized spacial score (nSPS) is 17.5. The minimum Gasteiger partial charge on any atom is -0.356 e. The van der Waals surface area contributed by atoms with Crippen molar-refractivity contribution in [2.24, 2.45) is 4.99 Å². The molecular formula is C21H30F2IN5. The van der Waals surface area contributed by atoms with Crippen molar-refractivity contribution in [3.63, 3.8) is 0 Å². The molecule has 0 spiro atoms. The summed E-state index contributed by atoms with van der Waals surface area (Å²) < 4.78 is 29.1. The fourth-order valence-corrected chi connectivity index (χ4v) is 3.55. The van der Waals surface area contributed by atoms with Gasteiger partial charge in [0.05, 0.1) is 5.69 Å². The second-order valence-corrected chi connectivity index (χ2v) is 7.78. The molecule has 1 aliphatic rings. The molecule has 0 radical (unpaired) electrons. The Bertz CT molecular complexity index is 850. The van der Waals surface area contributed by atoms with Crippen molar-refractivity contribution >= 4 is 29.9 Å². The van der Waals surface area contributed by atoms with Crippen LogP contribution in [0.25, 0.3) is 0 Å². The lowest BCUT2D eigenvalue weighted by Crippen LogP contribution is -2.46. The Morgan fingerprint density at radius 3 is 2.72 bits per heavy atom. The largest absolute Gasteiger partial charge is 0.356 e. The van der Waals surface area contributed by atoms with Gasteiger partial charge in [-0.2, -0.15) is 5.10 Å². The maximum atomic E-state index is 14.0. The van der Waals surface area contributed by atoms with Gasteiger partial charge in [0.1, 0.15) is 11.6 Å². The molecule has 0 bridgehead atoms. The van der Waals surface area contributed by atoms with Crippen molar-refractivity contribution < 1.29 is 8.78 Å². The quantitative estimate of drug-likeness (QED) is 0.356. The van der Waals surface area contributed by atoms with Crippen LogP contribution < -0.4 is 10.6 Å². The van der Waals surface area contributed by atoms with Crippen molar-refractivity contribution in [1.29, 1.82) is 0 Å². The highest BCUT2D eigenvalue weighted by Gasteiger charge is 2.23. The predicted octanol–water partition coefficient (Wildman–Crippen LogP) is 4.19. The van der Waals surface area contributed by atoms with Gasteiger partial charge in [-0.3, -0.25) is 9.67 Å². The molecule has 0 aliphatic heterocycles. The van der Waals surface area contributed by atoms with E-state index in [0.29, 0.717) is 24.1 Å². The number of aromatic nitrogens is 2. The van der Waals surface area contributed by atoms with E-state index in [2.05, 4.69) is 35.7 Å². The molecule has 2 aromatic rings. The van der Waals surface area contributed by atoms with Crippen LogP contribution in [0, 0.1) is 11.6 Å². The number of fused-ring (bicyclic) bond motifs is 1. The highest BCUT2D eigenvalue weighted by molar-refractivity contribution is 14.0. The molecule has 1 heterocycles. The zero-order chi connectivity index (χ0) is 20.3. The Morgan fingerprint density at radius 1 is 1.31 bits per heavy atom. The number of aliphatic imine (C=N–C) groups is 1. The third kappa shape index (κ3) is 5.90. The fourth-order valence-electron chi connectivity index (χ4n) is 3.55. The third-order valence-electron chi connectivity index (χ3n) is 5.26. The van der Waals surface area contributed by atoms with Crippen LogP contribution in [0.4, 0.5) is 8.78 Å². The van der Waals surface area contributed by atoms with Crippen LogP contribution in [0.15, 0.2) is 29.4 Å². The average molecular weight is 517 g/mol. The van der Waals surface area contributed by atoms with Crippen LogP contribution in [0.5, 0.6) is 0 Å². The summed E-state index contributed by atoms with van der Waals surface area (Å²) in [5, 5.41) is 11.4. The number of hydrogen-bond donors (Lipinski definition) is 2. The third-order valence-corrected chi connectivity index (χ3v) is 5.26. The van der Waals surface area contributed by atoms with E-state index in [0.717, 1.165) is 31.0 Å². The number of nitrogens with zero attached hydrogens (tertiary/aromatic N) is 3. The minimum atomic E-state index is -0.560. The highest BCUT2D eigenvalue weighted by atomic mass is 127.